The highest BCUT2D eigenvalue weighted by Gasteiger charge is 2.37. The molecule has 20 heavy (non-hydrogen) atoms. The minimum absolute atomic E-state index is 0.0244. The van der Waals surface area contributed by atoms with Gasteiger partial charge in [-0.1, -0.05) is 19.3 Å². The van der Waals surface area contributed by atoms with E-state index in [-0.39, 0.29) is 24.4 Å². The molecule has 3 atom stereocenters. The minimum atomic E-state index is -0.953. The van der Waals surface area contributed by atoms with Gasteiger partial charge in [0.25, 0.3) is 5.91 Å². The molecule has 114 valence electrons. The first-order chi connectivity index (χ1) is 9.50. The van der Waals surface area contributed by atoms with E-state index in [4.69, 9.17) is 5.11 Å². The maximum Gasteiger partial charge on any atom is 0.308 e. The molecule has 0 aromatic heterocycles. The van der Waals surface area contributed by atoms with Gasteiger partial charge in [-0.05, 0) is 38.5 Å². The van der Waals surface area contributed by atoms with E-state index in [1.54, 1.807) is 4.90 Å². The molecular formula is C15H25NO4. The molecule has 5 nitrogen and oxygen atoms in total. The van der Waals surface area contributed by atoms with Gasteiger partial charge < -0.3 is 15.1 Å². The van der Waals surface area contributed by atoms with Crippen molar-refractivity contribution in [1.82, 2.24) is 4.90 Å². The number of piperidine rings is 1. The van der Waals surface area contributed by atoms with Crippen LogP contribution < -0.4 is 0 Å². The Bertz CT molecular complexity index is 365. The molecule has 0 spiro atoms. The van der Waals surface area contributed by atoms with Crippen molar-refractivity contribution in [3.63, 3.8) is 0 Å². The number of carboxylic acids is 1. The smallest absolute Gasteiger partial charge is 0.308 e. The Kier molecular flexibility index (Phi) is 5.02. The van der Waals surface area contributed by atoms with Crippen molar-refractivity contribution in [2.45, 2.75) is 64.0 Å². The minimum Gasteiger partial charge on any atom is -0.481 e. The summed E-state index contributed by atoms with van der Waals surface area (Å²) in [7, 11) is 0. The standard InChI is InChI=1S/C15H25NO4/c1-10-7-8-12(15(19)20)9-16(10)14(18)13(17)11-5-3-2-4-6-11/h10-13,17H,2-9H2,1H3,(H,19,20). The summed E-state index contributed by atoms with van der Waals surface area (Å²) in [6.45, 7) is 2.17. The molecule has 0 aromatic carbocycles. The number of carboxylic acid groups (broad SMARTS) is 1. The molecule has 0 bridgehead atoms. The fourth-order valence-electron chi connectivity index (χ4n) is 3.44. The van der Waals surface area contributed by atoms with Gasteiger partial charge in [-0.15, -0.1) is 0 Å². The molecule has 1 aliphatic carbocycles. The predicted molar refractivity (Wildman–Crippen MR) is 74.1 cm³/mol. The van der Waals surface area contributed by atoms with Crippen LogP contribution in [0.2, 0.25) is 0 Å². The average molecular weight is 283 g/mol. The first kappa shape index (κ1) is 15.3. The Morgan fingerprint density at radius 3 is 2.35 bits per heavy atom. The monoisotopic (exact) mass is 283 g/mol. The Balaban J connectivity index is 2.00. The number of carbonyl (C=O) groups excluding carboxylic acids is 1. The summed E-state index contributed by atoms with van der Waals surface area (Å²) in [5.41, 5.74) is 0. The van der Waals surface area contributed by atoms with Crippen molar-refractivity contribution in [2.24, 2.45) is 11.8 Å². The molecule has 1 saturated heterocycles. The van der Waals surface area contributed by atoms with Crippen LogP contribution in [0, 0.1) is 11.8 Å². The lowest BCUT2D eigenvalue weighted by Crippen LogP contribution is -2.52. The van der Waals surface area contributed by atoms with Gasteiger partial charge in [-0.3, -0.25) is 9.59 Å². The number of aliphatic hydroxyl groups excluding tert-OH is 1. The molecule has 0 radical (unpaired) electrons. The predicted octanol–water partition coefficient (Wildman–Crippen LogP) is 1.64. The Hall–Kier alpha value is -1.10. The number of hydrogen-bond donors (Lipinski definition) is 2. The number of rotatable bonds is 3. The second-order valence-corrected chi connectivity index (χ2v) is 6.30. The highest BCUT2D eigenvalue weighted by molar-refractivity contribution is 5.82. The van der Waals surface area contributed by atoms with E-state index in [1.807, 2.05) is 6.92 Å². The van der Waals surface area contributed by atoms with Crippen molar-refractivity contribution in [2.75, 3.05) is 6.54 Å². The van der Waals surface area contributed by atoms with E-state index in [2.05, 4.69) is 0 Å². The fraction of sp³-hybridized carbons (Fsp3) is 0.867. The van der Waals surface area contributed by atoms with Crippen LogP contribution in [0.1, 0.15) is 51.9 Å². The van der Waals surface area contributed by atoms with Crippen molar-refractivity contribution in [3.05, 3.63) is 0 Å². The molecule has 2 rings (SSSR count). The fourth-order valence-corrected chi connectivity index (χ4v) is 3.44. The van der Waals surface area contributed by atoms with Crippen LogP contribution in [0.4, 0.5) is 0 Å². The number of carbonyl (C=O) groups is 2. The molecular weight excluding hydrogens is 258 g/mol. The van der Waals surface area contributed by atoms with Crippen molar-refractivity contribution in [1.29, 1.82) is 0 Å². The summed E-state index contributed by atoms with van der Waals surface area (Å²) >= 11 is 0. The largest absolute Gasteiger partial charge is 0.481 e. The SMILES string of the molecule is CC1CCC(C(=O)O)CN1C(=O)C(O)C1CCCCC1. The molecule has 2 N–H and O–H groups in total. The van der Waals surface area contributed by atoms with Gasteiger partial charge in [-0.25, -0.2) is 0 Å². The summed E-state index contributed by atoms with van der Waals surface area (Å²) in [4.78, 5) is 25.1. The number of likely N-dealkylation sites (tertiary alicyclic amines) is 1. The summed E-state index contributed by atoms with van der Waals surface area (Å²) < 4.78 is 0. The molecule has 0 aromatic rings. The van der Waals surface area contributed by atoms with Crippen LogP contribution in [0.5, 0.6) is 0 Å². The van der Waals surface area contributed by atoms with Crippen LogP contribution >= 0.6 is 0 Å². The van der Waals surface area contributed by atoms with E-state index in [1.165, 1.54) is 6.42 Å². The van der Waals surface area contributed by atoms with E-state index in [9.17, 15) is 14.7 Å². The van der Waals surface area contributed by atoms with Gasteiger partial charge in [0.15, 0.2) is 0 Å². The molecule has 2 fully saturated rings. The molecule has 3 unspecified atom stereocenters. The molecule has 1 heterocycles. The van der Waals surface area contributed by atoms with Gasteiger partial charge in [0, 0.05) is 12.6 Å². The maximum absolute atomic E-state index is 12.5. The quantitative estimate of drug-likeness (QED) is 0.825. The zero-order valence-electron chi connectivity index (χ0n) is 12.1. The van der Waals surface area contributed by atoms with Gasteiger partial charge >= 0.3 is 5.97 Å². The second kappa shape index (κ2) is 6.57. The lowest BCUT2D eigenvalue weighted by molar-refractivity contribution is -0.153. The van der Waals surface area contributed by atoms with Crippen LogP contribution in [0.3, 0.4) is 0 Å². The number of hydrogen-bond acceptors (Lipinski definition) is 3. The molecule has 5 heteroatoms. The van der Waals surface area contributed by atoms with Gasteiger partial charge in [0.05, 0.1) is 5.92 Å². The molecule has 2 aliphatic rings. The third-order valence-corrected chi connectivity index (χ3v) is 4.86. The van der Waals surface area contributed by atoms with Crippen molar-refractivity contribution in [3.8, 4) is 0 Å². The maximum atomic E-state index is 12.5. The third kappa shape index (κ3) is 3.32. The van der Waals surface area contributed by atoms with Crippen molar-refractivity contribution < 1.29 is 19.8 Å². The highest BCUT2D eigenvalue weighted by atomic mass is 16.4. The zero-order valence-corrected chi connectivity index (χ0v) is 12.1. The normalized spacial score (nSPS) is 30.0. The van der Waals surface area contributed by atoms with E-state index < -0.39 is 18.0 Å². The topological polar surface area (TPSA) is 77.8 Å². The molecule has 1 amide bonds. The Labute approximate surface area is 120 Å². The van der Waals surface area contributed by atoms with E-state index in [0.717, 1.165) is 25.7 Å². The number of nitrogens with zero attached hydrogens (tertiary/aromatic N) is 1. The van der Waals surface area contributed by atoms with Gasteiger partial charge in [-0.2, -0.15) is 0 Å². The second-order valence-electron chi connectivity index (χ2n) is 6.30. The van der Waals surface area contributed by atoms with Gasteiger partial charge in [0.1, 0.15) is 6.10 Å². The average Bonchev–Trinajstić information content (AvgIpc) is 2.47. The number of aliphatic carboxylic acids is 1. The summed E-state index contributed by atoms with van der Waals surface area (Å²) in [6, 6.07) is 0.0244. The summed E-state index contributed by atoms with van der Waals surface area (Å²) in [5, 5.41) is 19.4. The first-order valence-corrected chi connectivity index (χ1v) is 7.72. The summed E-state index contributed by atoms with van der Waals surface area (Å²) in [5.74, 6) is -1.56. The number of aliphatic hydroxyl groups is 1. The van der Waals surface area contributed by atoms with Crippen LogP contribution in [-0.4, -0.2) is 45.7 Å². The van der Waals surface area contributed by atoms with E-state index in [0.29, 0.717) is 12.8 Å². The van der Waals surface area contributed by atoms with Crippen LogP contribution in [0.25, 0.3) is 0 Å². The first-order valence-electron chi connectivity index (χ1n) is 7.72. The number of amides is 1. The Morgan fingerprint density at radius 1 is 1.10 bits per heavy atom. The van der Waals surface area contributed by atoms with Gasteiger partial charge in [0.2, 0.25) is 0 Å². The summed E-state index contributed by atoms with van der Waals surface area (Å²) in [6.07, 6.45) is 5.48. The zero-order chi connectivity index (χ0) is 14.7. The van der Waals surface area contributed by atoms with Crippen LogP contribution in [-0.2, 0) is 9.59 Å². The lowest BCUT2D eigenvalue weighted by Gasteiger charge is -2.39. The molecule has 1 aliphatic heterocycles. The van der Waals surface area contributed by atoms with E-state index >= 15 is 0 Å². The van der Waals surface area contributed by atoms with Crippen molar-refractivity contribution >= 4 is 11.9 Å². The highest BCUT2D eigenvalue weighted by Crippen LogP contribution is 2.29. The third-order valence-electron chi connectivity index (χ3n) is 4.86. The molecule has 1 saturated carbocycles. The lowest BCUT2D eigenvalue weighted by atomic mass is 9.84. The Morgan fingerprint density at radius 2 is 1.75 bits per heavy atom. The van der Waals surface area contributed by atoms with Crippen LogP contribution in [0.15, 0.2) is 0 Å².